The number of hydrogen-bond acceptors (Lipinski definition) is 8. The van der Waals surface area contributed by atoms with Gasteiger partial charge in [-0.1, -0.05) is 41.8 Å². The number of pyridine rings is 1. The number of fused-ring (bicyclic) bond motifs is 4. The van der Waals surface area contributed by atoms with Gasteiger partial charge in [0.25, 0.3) is 5.56 Å². The highest BCUT2D eigenvalue weighted by Gasteiger charge is 2.26. The molecule has 1 saturated heterocycles. The van der Waals surface area contributed by atoms with Crippen LogP contribution >= 0.6 is 23.2 Å². The van der Waals surface area contributed by atoms with Gasteiger partial charge in [0.2, 0.25) is 5.91 Å². The van der Waals surface area contributed by atoms with Crippen molar-refractivity contribution < 1.29 is 4.79 Å². The molecular weight excluding hydrogens is 627 g/mol. The van der Waals surface area contributed by atoms with Crippen LogP contribution in [0.3, 0.4) is 0 Å². The van der Waals surface area contributed by atoms with E-state index in [1.807, 2.05) is 29.9 Å². The van der Waals surface area contributed by atoms with Gasteiger partial charge in [-0.05, 0) is 69.1 Å². The zero-order chi connectivity index (χ0) is 31.8. The Kier molecular flexibility index (Phi) is 8.41. The number of halogens is 2. The van der Waals surface area contributed by atoms with Crippen LogP contribution in [0.25, 0.3) is 28.2 Å². The number of hydrogen-bond donors (Lipinski definition) is 2. The fourth-order valence-corrected chi connectivity index (χ4v) is 6.53. The van der Waals surface area contributed by atoms with Crippen molar-refractivity contribution in [3.8, 4) is 28.2 Å². The molecule has 1 aromatic carbocycles. The predicted molar refractivity (Wildman–Crippen MR) is 175 cm³/mol. The number of carbonyl (C=O) groups is 1. The molecule has 2 N–H and O–H groups in total. The van der Waals surface area contributed by atoms with Gasteiger partial charge in [0.05, 0.1) is 47.4 Å². The van der Waals surface area contributed by atoms with Crippen LogP contribution in [0.1, 0.15) is 56.8 Å². The average Bonchev–Trinajstić information content (AvgIpc) is 3.69. The van der Waals surface area contributed by atoms with E-state index < -0.39 is 6.04 Å². The zero-order valence-electron chi connectivity index (χ0n) is 25.1. The highest BCUT2D eigenvalue weighted by Crippen LogP contribution is 2.34. The highest BCUT2D eigenvalue weighted by molar-refractivity contribution is 6.31. The Bertz CT molecular complexity index is 1960. The number of nitrogens with zero attached hydrogens (tertiary/aromatic N) is 8. The van der Waals surface area contributed by atoms with Gasteiger partial charge in [-0.3, -0.25) is 23.8 Å². The lowest BCUT2D eigenvalue weighted by Gasteiger charge is -2.22. The molecule has 46 heavy (non-hydrogen) atoms. The molecule has 6 heterocycles. The van der Waals surface area contributed by atoms with E-state index in [2.05, 4.69) is 20.9 Å². The van der Waals surface area contributed by atoms with Crippen LogP contribution in [0.15, 0.2) is 66.1 Å². The molecule has 0 aliphatic carbocycles. The van der Waals surface area contributed by atoms with Crippen molar-refractivity contribution in [3.05, 3.63) is 87.5 Å². The van der Waals surface area contributed by atoms with Crippen molar-refractivity contribution in [2.45, 2.75) is 51.1 Å². The average molecular weight is 660 g/mol. The van der Waals surface area contributed by atoms with Gasteiger partial charge in [-0.25, -0.2) is 9.67 Å². The van der Waals surface area contributed by atoms with E-state index in [0.717, 1.165) is 37.2 Å². The fraction of sp³-hybridized carbons (Fsp3) is 0.344. The number of rotatable bonds is 4. The second-order valence-corrected chi connectivity index (χ2v) is 12.6. The lowest BCUT2D eigenvalue weighted by molar-refractivity contribution is -0.119. The number of anilines is 1. The van der Waals surface area contributed by atoms with E-state index in [1.54, 1.807) is 41.5 Å². The molecule has 2 bridgehead atoms. The minimum atomic E-state index is -0.411. The first kappa shape index (κ1) is 30.3. The van der Waals surface area contributed by atoms with Gasteiger partial charge < -0.3 is 10.6 Å². The Morgan fingerprint density at radius 3 is 2.59 bits per heavy atom. The molecule has 0 radical (unpaired) electrons. The maximum absolute atomic E-state index is 13.8. The normalized spacial score (nSPS) is 19.2. The first-order chi connectivity index (χ1) is 22.3. The standard InChI is InChI=1S/C32H32Cl2N10O2/c1-19-3-2-4-28(42-18-37-24(15-30(42)45)23-14-21(33)5-6-27(23)44-17-29(34)39-41-44)25-13-20(7-12-36-25)31-26(38-32(19)46)16-43(40-31)22-8-10-35-11-9-22/h5-7,12-19,22,28,35H,2-4,8-11H2,1H3,(H,38,46)/t19-,28+/m1/s1. The Morgan fingerprint density at radius 2 is 1.80 bits per heavy atom. The summed E-state index contributed by atoms with van der Waals surface area (Å²) in [4.78, 5) is 36.5. The molecule has 2 atom stereocenters. The monoisotopic (exact) mass is 658 g/mol. The molecule has 1 fully saturated rings. The third-order valence-corrected chi connectivity index (χ3v) is 9.16. The van der Waals surface area contributed by atoms with Crippen molar-refractivity contribution in [2.75, 3.05) is 18.4 Å². The molecule has 14 heteroatoms. The number of piperidine rings is 1. The minimum Gasteiger partial charge on any atom is -0.323 e. The molecule has 0 saturated carbocycles. The summed E-state index contributed by atoms with van der Waals surface area (Å²) >= 11 is 12.4. The van der Waals surface area contributed by atoms with Crippen LogP contribution in [0.4, 0.5) is 5.69 Å². The zero-order valence-corrected chi connectivity index (χ0v) is 26.6. The molecule has 4 aromatic heterocycles. The third-order valence-electron chi connectivity index (χ3n) is 8.75. The van der Waals surface area contributed by atoms with Crippen LogP contribution < -0.4 is 16.2 Å². The first-order valence-corrected chi connectivity index (χ1v) is 16.1. The number of amides is 1. The number of benzene rings is 1. The third kappa shape index (κ3) is 6.07. The molecule has 0 unspecified atom stereocenters. The number of nitrogens with one attached hydrogen (secondary N) is 2. The summed E-state index contributed by atoms with van der Waals surface area (Å²) in [5.74, 6) is -0.281. The van der Waals surface area contributed by atoms with Gasteiger partial charge in [0, 0.05) is 40.5 Å². The predicted octanol–water partition coefficient (Wildman–Crippen LogP) is 5.33. The second kappa shape index (κ2) is 12.8. The topological polar surface area (TPSA) is 137 Å². The van der Waals surface area contributed by atoms with Gasteiger partial charge in [0.15, 0.2) is 5.15 Å². The summed E-state index contributed by atoms with van der Waals surface area (Å²) in [6, 6.07) is 10.4. The van der Waals surface area contributed by atoms with Crippen LogP contribution in [-0.2, 0) is 4.79 Å². The maximum atomic E-state index is 13.8. The van der Waals surface area contributed by atoms with E-state index in [1.165, 1.54) is 10.7 Å². The molecule has 2 aliphatic rings. The Balaban J connectivity index is 1.28. The lowest BCUT2D eigenvalue weighted by atomic mass is 9.97. The van der Waals surface area contributed by atoms with Crippen molar-refractivity contribution in [2.24, 2.45) is 5.92 Å². The second-order valence-electron chi connectivity index (χ2n) is 11.8. The highest BCUT2D eigenvalue weighted by atomic mass is 35.5. The van der Waals surface area contributed by atoms with Gasteiger partial charge in [-0.15, -0.1) is 5.10 Å². The molecule has 2 aliphatic heterocycles. The summed E-state index contributed by atoms with van der Waals surface area (Å²) in [5, 5.41) is 20.2. The smallest absolute Gasteiger partial charge is 0.254 e. The van der Waals surface area contributed by atoms with Crippen LogP contribution in [0.5, 0.6) is 0 Å². The molecule has 236 valence electrons. The van der Waals surface area contributed by atoms with E-state index in [9.17, 15) is 9.59 Å². The molecule has 12 nitrogen and oxygen atoms in total. The van der Waals surface area contributed by atoms with Gasteiger partial charge in [0.1, 0.15) is 5.69 Å². The Labute approximate surface area is 274 Å². The molecule has 7 rings (SSSR count). The van der Waals surface area contributed by atoms with Crippen LogP contribution in [-0.4, -0.2) is 58.3 Å². The largest absolute Gasteiger partial charge is 0.323 e. The van der Waals surface area contributed by atoms with Crippen molar-refractivity contribution >= 4 is 34.8 Å². The number of carbonyl (C=O) groups excluding carboxylic acids is 1. The van der Waals surface area contributed by atoms with E-state index in [4.69, 9.17) is 38.3 Å². The molecule has 1 amide bonds. The maximum Gasteiger partial charge on any atom is 0.254 e. The SMILES string of the molecule is C[C@@H]1CCC[C@H](n2cnc(-c3cc(Cl)ccc3-n3cc(Cl)nn3)cc2=O)c2cc(ccn2)-c2nn(C3CCNCC3)cc2NC1=O. The quantitative estimate of drug-likeness (QED) is 0.264. The lowest BCUT2D eigenvalue weighted by Crippen LogP contribution is -2.29. The van der Waals surface area contributed by atoms with Crippen molar-refractivity contribution in [1.29, 1.82) is 0 Å². The first-order valence-electron chi connectivity index (χ1n) is 15.4. The molecule has 5 aromatic rings. The van der Waals surface area contributed by atoms with Gasteiger partial charge >= 0.3 is 0 Å². The van der Waals surface area contributed by atoms with E-state index in [0.29, 0.717) is 52.6 Å². The Morgan fingerprint density at radius 1 is 0.957 bits per heavy atom. The van der Waals surface area contributed by atoms with Crippen LogP contribution in [0, 0.1) is 5.92 Å². The Hall–Kier alpha value is -4.39. The summed E-state index contributed by atoms with van der Waals surface area (Å²) in [6.45, 7) is 3.78. The van der Waals surface area contributed by atoms with E-state index >= 15 is 0 Å². The summed E-state index contributed by atoms with van der Waals surface area (Å²) < 4.78 is 5.11. The fourth-order valence-electron chi connectivity index (χ4n) is 6.23. The summed E-state index contributed by atoms with van der Waals surface area (Å²) in [7, 11) is 0. The summed E-state index contributed by atoms with van der Waals surface area (Å²) in [6.07, 6.45) is 10.7. The molecular formula is C32H32Cl2N10O2. The van der Waals surface area contributed by atoms with Crippen molar-refractivity contribution in [1.82, 2.24) is 44.6 Å². The van der Waals surface area contributed by atoms with Crippen LogP contribution in [0.2, 0.25) is 10.2 Å². The van der Waals surface area contributed by atoms with Crippen molar-refractivity contribution in [3.63, 3.8) is 0 Å². The minimum absolute atomic E-state index is 0.0494. The van der Waals surface area contributed by atoms with Gasteiger partial charge in [-0.2, -0.15) is 5.10 Å². The number of aromatic nitrogens is 8. The molecule has 0 spiro atoms. The summed E-state index contributed by atoms with van der Waals surface area (Å²) in [5.41, 5.74) is 4.31. The van der Waals surface area contributed by atoms with E-state index in [-0.39, 0.29) is 28.6 Å².